The van der Waals surface area contributed by atoms with Gasteiger partial charge in [-0.25, -0.2) is 14.4 Å². The van der Waals surface area contributed by atoms with E-state index in [1.807, 2.05) is 35.2 Å². The predicted octanol–water partition coefficient (Wildman–Crippen LogP) is 4.56. The summed E-state index contributed by atoms with van der Waals surface area (Å²) < 4.78 is 16.3. The van der Waals surface area contributed by atoms with Gasteiger partial charge in [-0.3, -0.25) is 20.8 Å². The topological polar surface area (TPSA) is 148 Å². The monoisotopic (exact) mass is 598 g/mol. The average molecular weight is 599 g/mol. The number of carbonyl (C=O) groups excluding carboxylic acids is 3. The lowest BCUT2D eigenvalue weighted by Gasteiger charge is -2.35. The Morgan fingerprint density at radius 3 is 2.26 bits per heavy atom. The summed E-state index contributed by atoms with van der Waals surface area (Å²) in [6, 6.07) is 11.2. The minimum absolute atomic E-state index is 0.00114. The highest BCUT2D eigenvalue weighted by atomic mass is 16.7. The van der Waals surface area contributed by atoms with Crippen molar-refractivity contribution in [2.45, 2.75) is 104 Å². The van der Waals surface area contributed by atoms with Gasteiger partial charge in [0.2, 0.25) is 0 Å². The Kier molecular flexibility index (Phi) is 8.32. The van der Waals surface area contributed by atoms with E-state index in [4.69, 9.17) is 18.8 Å². The zero-order valence-electron chi connectivity index (χ0n) is 25.6. The van der Waals surface area contributed by atoms with Gasteiger partial charge in [-0.1, -0.05) is 35.5 Å². The molecule has 2 bridgehead atoms. The van der Waals surface area contributed by atoms with Crippen LogP contribution in [-0.2, 0) is 27.5 Å². The van der Waals surface area contributed by atoms with Crippen LogP contribution in [0.25, 0.3) is 0 Å². The van der Waals surface area contributed by atoms with Gasteiger partial charge in [0.1, 0.15) is 23.5 Å². The normalized spacial score (nSPS) is 20.9. The third-order valence-corrected chi connectivity index (χ3v) is 7.60. The molecule has 3 heterocycles. The molecule has 1 saturated carbocycles. The second-order valence-corrected chi connectivity index (χ2v) is 13.4. The highest BCUT2D eigenvalue weighted by molar-refractivity contribution is 5.77. The molecular weight excluding hydrogens is 556 g/mol. The standard InChI is InChI=1S/C30H42N6O7/c1-28(2,3)41-25(37)32-24(33-26(38)42-29(4,5)6)31-16-20-14-21(34-43-20)22-15-30(12-13-30)23-17-35(22)27(39)36(23)40-18-19-10-8-7-9-11-19/h7-11,14,22-24,31H,12-13,15-18H2,1-6H3,(H,32,37)(H,33,38)/t22-,23-/m0/s1. The number of fused-ring (bicyclic) bond motifs is 3. The predicted molar refractivity (Wildman–Crippen MR) is 154 cm³/mol. The Balaban J connectivity index is 1.23. The number of benzene rings is 1. The Morgan fingerprint density at radius 2 is 1.67 bits per heavy atom. The first-order chi connectivity index (χ1) is 20.2. The van der Waals surface area contributed by atoms with Crippen LogP contribution >= 0.6 is 0 Å². The number of amides is 4. The van der Waals surface area contributed by atoms with Crippen LogP contribution in [0.2, 0.25) is 0 Å². The van der Waals surface area contributed by atoms with Crippen LogP contribution in [-0.4, -0.2) is 63.4 Å². The maximum absolute atomic E-state index is 13.5. The molecule has 13 nitrogen and oxygen atoms in total. The molecule has 0 radical (unpaired) electrons. The maximum atomic E-state index is 13.5. The highest BCUT2D eigenvalue weighted by Gasteiger charge is 2.63. The van der Waals surface area contributed by atoms with Crippen molar-refractivity contribution < 1.29 is 33.2 Å². The lowest BCUT2D eigenvalue weighted by molar-refractivity contribution is -0.153. The fourth-order valence-corrected chi connectivity index (χ4v) is 5.52. The number of hydrogen-bond donors (Lipinski definition) is 3. The van der Waals surface area contributed by atoms with Gasteiger partial charge in [-0.2, -0.15) is 5.06 Å². The van der Waals surface area contributed by atoms with Crippen LogP contribution in [0.3, 0.4) is 0 Å². The lowest BCUT2D eigenvalue weighted by Crippen LogP contribution is -2.57. The molecule has 2 saturated heterocycles. The quantitative estimate of drug-likeness (QED) is 0.353. The number of alkyl carbamates (subject to hydrolysis) is 2. The van der Waals surface area contributed by atoms with Gasteiger partial charge in [0, 0.05) is 12.6 Å². The largest absolute Gasteiger partial charge is 0.444 e. The summed E-state index contributed by atoms with van der Waals surface area (Å²) >= 11 is 0. The zero-order chi connectivity index (χ0) is 31.0. The van der Waals surface area contributed by atoms with Gasteiger partial charge in [0.05, 0.1) is 18.6 Å². The number of hydrogen-bond acceptors (Lipinski definition) is 9. The number of urea groups is 1. The molecule has 1 aliphatic carbocycles. The van der Waals surface area contributed by atoms with Gasteiger partial charge in [0.25, 0.3) is 0 Å². The van der Waals surface area contributed by atoms with Gasteiger partial charge < -0.3 is 18.9 Å². The summed E-state index contributed by atoms with van der Waals surface area (Å²) in [6.07, 6.45) is 0.354. The summed E-state index contributed by atoms with van der Waals surface area (Å²) in [5, 5.41) is 14.1. The van der Waals surface area contributed by atoms with Crippen molar-refractivity contribution in [1.82, 2.24) is 31.1 Å². The molecule has 1 aromatic heterocycles. The SMILES string of the molecule is CC(C)(C)OC(=O)NC(NCc1cc([C@@H]2CC3(CC3)[C@@H]3CN2C(=O)N3OCc2ccccc2)no1)NC(=O)OC(C)(C)C. The molecule has 1 aromatic carbocycles. The molecule has 0 unspecified atom stereocenters. The van der Waals surface area contributed by atoms with Crippen molar-refractivity contribution in [2.75, 3.05) is 6.54 Å². The van der Waals surface area contributed by atoms with Gasteiger partial charge in [0.15, 0.2) is 12.0 Å². The Morgan fingerprint density at radius 1 is 1.05 bits per heavy atom. The molecular formula is C30H42N6O7. The summed E-state index contributed by atoms with van der Waals surface area (Å²) in [4.78, 5) is 46.2. The number of rotatable bonds is 9. The van der Waals surface area contributed by atoms with E-state index in [2.05, 4.69) is 21.1 Å². The number of hydroxylamine groups is 2. The van der Waals surface area contributed by atoms with Crippen molar-refractivity contribution >= 4 is 18.2 Å². The molecule has 3 N–H and O–H groups in total. The fourth-order valence-electron chi connectivity index (χ4n) is 5.52. The first-order valence-electron chi connectivity index (χ1n) is 14.7. The maximum Gasteiger partial charge on any atom is 0.410 e. The van der Waals surface area contributed by atoms with Gasteiger partial charge in [-0.05, 0) is 71.8 Å². The minimum atomic E-state index is -1.03. The average Bonchev–Trinajstić information content (AvgIpc) is 3.39. The van der Waals surface area contributed by atoms with Crippen LogP contribution in [0.15, 0.2) is 40.9 Å². The highest BCUT2D eigenvalue weighted by Crippen LogP contribution is 2.61. The summed E-state index contributed by atoms with van der Waals surface area (Å²) in [5.74, 6) is 0.466. The second-order valence-electron chi connectivity index (χ2n) is 13.4. The Bertz CT molecular complexity index is 1280. The molecule has 5 rings (SSSR count). The van der Waals surface area contributed by atoms with E-state index in [-0.39, 0.29) is 30.1 Å². The minimum Gasteiger partial charge on any atom is -0.444 e. The number of ether oxygens (including phenoxy) is 2. The molecule has 3 aliphatic rings. The van der Waals surface area contributed by atoms with Gasteiger partial charge >= 0.3 is 18.2 Å². The molecule has 13 heteroatoms. The first kappa shape index (κ1) is 30.6. The molecule has 234 valence electrons. The third-order valence-electron chi connectivity index (χ3n) is 7.60. The molecule has 3 fully saturated rings. The van der Waals surface area contributed by atoms with Crippen molar-refractivity contribution in [2.24, 2.45) is 5.41 Å². The zero-order valence-corrected chi connectivity index (χ0v) is 25.6. The number of nitrogens with one attached hydrogen (secondary N) is 3. The number of piperidine rings is 1. The van der Waals surface area contributed by atoms with Crippen LogP contribution in [0, 0.1) is 5.41 Å². The Labute approximate surface area is 251 Å². The van der Waals surface area contributed by atoms with Crippen LogP contribution in [0.5, 0.6) is 0 Å². The second kappa shape index (κ2) is 11.7. The lowest BCUT2D eigenvalue weighted by atomic mass is 9.84. The summed E-state index contributed by atoms with van der Waals surface area (Å²) in [6.45, 7) is 11.5. The molecule has 43 heavy (non-hydrogen) atoms. The number of aromatic nitrogens is 1. The molecule has 1 spiro atoms. The molecule has 4 amide bonds. The van der Waals surface area contributed by atoms with Crippen LogP contribution in [0.4, 0.5) is 14.4 Å². The number of carbonyl (C=O) groups is 3. The van der Waals surface area contributed by atoms with Crippen molar-refractivity contribution in [3.05, 3.63) is 53.4 Å². The van der Waals surface area contributed by atoms with Crippen molar-refractivity contribution in [1.29, 1.82) is 0 Å². The molecule has 2 atom stereocenters. The van der Waals surface area contributed by atoms with Crippen molar-refractivity contribution in [3.63, 3.8) is 0 Å². The fraction of sp³-hybridized carbons (Fsp3) is 0.600. The first-order valence-corrected chi connectivity index (χ1v) is 14.7. The third kappa shape index (κ3) is 7.57. The van der Waals surface area contributed by atoms with Gasteiger partial charge in [-0.15, -0.1) is 0 Å². The van der Waals surface area contributed by atoms with E-state index >= 15 is 0 Å². The number of nitrogens with zero attached hydrogens (tertiary/aromatic N) is 3. The van der Waals surface area contributed by atoms with Crippen LogP contribution in [0.1, 0.15) is 83.9 Å². The van der Waals surface area contributed by atoms with E-state index < -0.39 is 29.7 Å². The van der Waals surface area contributed by atoms with E-state index in [1.165, 1.54) is 0 Å². The van der Waals surface area contributed by atoms with Crippen molar-refractivity contribution in [3.8, 4) is 0 Å². The Hall–Kier alpha value is -3.84. The summed E-state index contributed by atoms with van der Waals surface area (Å²) in [7, 11) is 0. The van der Waals surface area contributed by atoms with E-state index in [0.29, 0.717) is 24.6 Å². The van der Waals surface area contributed by atoms with E-state index in [1.54, 1.807) is 52.7 Å². The van der Waals surface area contributed by atoms with E-state index in [0.717, 1.165) is 24.8 Å². The molecule has 2 aliphatic heterocycles. The molecule has 2 aromatic rings. The van der Waals surface area contributed by atoms with Crippen LogP contribution < -0.4 is 16.0 Å². The summed E-state index contributed by atoms with van der Waals surface area (Å²) in [5.41, 5.74) is 0.196. The smallest absolute Gasteiger partial charge is 0.410 e. The van der Waals surface area contributed by atoms with E-state index in [9.17, 15) is 14.4 Å².